The van der Waals surface area contributed by atoms with E-state index in [0.717, 1.165) is 5.56 Å². The third-order valence-electron chi connectivity index (χ3n) is 4.03. The average Bonchev–Trinajstić information content (AvgIpc) is 2.73. The first-order valence-corrected chi connectivity index (χ1v) is 10.2. The van der Waals surface area contributed by atoms with Crippen molar-refractivity contribution in [3.63, 3.8) is 0 Å². The van der Waals surface area contributed by atoms with Crippen LogP contribution < -0.4 is 4.74 Å². The lowest BCUT2D eigenvalue weighted by Gasteiger charge is -2.19. The minimum Gasteiger partial charge on any atom is -0.493 e. The van der Waals surface area contributed by atoms with Crippen molar-refractivity contribution in [2.45, 2.75) is 45.8 Å². The standard InChI is InChI=1S/C24H27NO7/c1-24(2,3)32-23(27)10-7-15-30-21-16-20(25(28)29)13-11-19(21)12-14-22(26)31-17-18-8-5-4-6-9-18/h4-6,8-9,11-14,16H,7,10,15,17H2,1-3H3/b14-12+. The Morgan fingerprint density at radius 1 is 1.09 bits per heavy atom. The zero-order valence-electron chi connectivity index (χ0n) is 18.4. The SMILES string of the molecule is CC(C)(C)OC(=O)CCCOc1cc([N+](=O)[O-])ccc1/C=C/C(=O)OCc1ccccc1. The Labute approximate surface area is 186 Å². The van der Waals surface area contributed by atoms with Gasteiger partial charge in [0.05, 0.1) is 17.6 Å². The molecule has 32 heavy (non-hydrogen) atoms. The number of nitro benzene ring substituents is 1. The summed E-state index contributed by atoms with van der Waals surface area (Å²) < 4.78 is 16.1. The Morgan fingerprint density at radius 2 is 1.81 bits per heavy atom. The molecule has 0 N–H and O–H groups in total. The lowest BCUT2D eigenvalue weighted by molar-refractivity contribution is -0.384. The second-order valence-corrected chi connectivity index (χ2v) is 7.94. The molecule has 0 heterocycles. The summed E-state index contributed by atoms with van der Waals surface area (Å²) >= 11 is 0. The van der Waals surface area contributed by atoms with E-state index in [9.17, 15) is 19.7 Å². The molecular weight excluding hydrogens is 414 g/mol. The maximum atomic E-state index is 12.0. The molecule has 2 aromatic rings. The smallest absolute Gasteiger partial charge is 0.331 e. The van der Waals surface area contributed by atoms with Crippen LogP contribution >= 0.6 is 0 Å². The van der Waals surface area contributed by atoms with Crippen LogP contribution in [0.25, 0.3) is 6.08 Å². The van der Waals surface area contributed by atoms with E-state index in [-0.39, 0.29) is 37.0 Å². The molecule has 0 aliphatic carbocycles. The number of esters is 2. The van der Waals surface area contributed by atoms with E-state index >= 15 is 0 Å². The highest BCUT2D eigenvalue weighted by Crippen LogP contribution is 2.26. The number of nitrogens with zero attached hydrogens (tertiary/aromatic N) is 1. The number of non-ortho nitro benzene ring substituents is 1. The van der Waals surface area contributed by atoms with Crippen LogP contribution in [0.2, 0.25) is 0 Å². The number of rotatable bonds is 10. The van der Waals surface area contributed by atoms with Crippen LogP contribution in [0.4, 0.5) is 5.69 Å². The summed E-state index contributed by atoms with van der Waals surface area (Å²) in [6.07, 6.45) is 3.24. The summed E-state index contributed by atoms with van der Waals surface area (Å²) in [5.41, 5.74) is 0.629. The highest BCUT2D eigenvalue weighted by molar-refractivity contribution is 5.87. The van der Waals surface area contributed by atoms with Crippen molar-refractivity contribution in [3.8, 4) is 5.75 Å². The highest BCUT2D eigenvalue weighted by atomic mass is 16.6. The Bertz CT molecular complexity index is 962. The summed E-state index contributed by atoms with van der Waals surface area (Å²) in [5.74, 6) is -0.667. The van der Waals surface area contributed by atoms with Gasteiger partial charge >= 0.3 is 11.9 Å². The summed E-state index contributed by atoms with van der Waals surface area (Å²) in [6, 6.07) is 13.3. The second kappa shape index (κ2) is 11.6. The van der Waals surface area contributed by atoms with Crippen LogP contribution in [-0.2, 0) is 25.7 Å². The predicted molar refractivity (Wildman–Crippen MR) is 119 cm³/mol. The molecule has 2 aromatic carbocycles. The summed E-state index contributed by atoms with van der Waals surface area (Å²) in [4.78, 5) is 34.4. The van der Waals surface area contributed by atoms with E-state index in [2.05, 4.69) is 0 Å². The van der Waals surface area contributed by atoms with Crippen molar-refractivity contribution in [1.82, 2.24) is 0 Å². The molecule has 0 saturated heterocycles. The second-order valence-electron chi connectivity index (χ2n) is 7.94. The van der Waals surface area contributed by atoms with Crippen LogP contribution in [-0.4, -0.2) is 29.1 Å². The molecule has 0 bridgehead atoms. The van der Waals surface area contributed by atoms with Gasteiger partial charge in [-0.15, -0.1) is 0 Å². The van der Waals surface area contributed by atoms with Crippen molar-refractivity contribution < 1.29 is 28.7 Å². The average molecular weight is 441 g/mol. The Kier molecular flexibility index (Phi) is 8.95. The predicted octanol–water partition coefficient (Wildman–Crippen LogP) is 4.85. The number of carbonyl (C=O) groups is 2. The van der Waals surface area contributed by atoms with Gasteiger partial charge in [0.15, 0.2) is 0 Å². The largest absolute Gasteiger partial charge is 0.493 e. The van der Waals surface area contributed by atoms with Gasteiger partial charge in [0, 0.05) is 24.1 Å². The van der Waals surface area contributed by atoms with E-state index in [1.165, 1.54) is 30.4 Å². The zero-order chi connectivity index (χ0) is 23.6. The number of benzene rings is 2. The minimum absolute atomic E-state index is 0.137. The normalized spacial score (nSPS) is 11.2. The number of ether oxygens (including phenoxy) is 3. The van der Waals surface area contributed by atoms with Crippen LogP contribution in [0.3, 0.4) is 0 Å². The van der Waals surface area contributed by atoms with Gasteiger partial charge in [-0.25, -0.2) is 4.79 Å². The number of hydrogen-bond donors (Lipinski definition) is 0. The van der Waals surface area contributed by atoms with Crippen molar-refractivity contribution in [2.75, 3.05) is 6.61 Å². The van der Waals surface area contributed by atoms with Crippen molar-refractivity contribution in [1.29, 1.82) is 0 Å². The first-order valence-electron chi connectivity index (χ1n) is 10.2. The molecule has 0 aliphatic heterocycles. The molecule has 2 rings (SSSR count). The first kappa shape index (κ1) is 24.6. The molecule has 0 fully saturated rings. The molecule has 0 spiro atoms. The topological polar surface area (TPSA) is 105 Å². The Morgan fingerprint density at radius 3 is 2.47 bits per heavy atom. The first-order chi connectivity index (χ1) is 15.1. The van der Waals surface area contributed by atoms with Gasteiger partial charge in [-0.1, -0.05) is 30.3 Å². The third-order valence-corrected chi connectivity index (χ3v) is 4.03. The molecule has 0 radical (unpaired) electrons. The van der Waals surface area contributed by atoms with Crippen molar-refractivity contribution in [2.24, 2.45) is 0 Å². The molecule has 8 heteroatoms. The Balaban J connectivity index is 1.97. The molecule has 0 saturated carbocycles. The van der Waals surface area contributed by atoms with Crippen LogP contribution in [0.5, 0.6) is 5.75 Å². The van der Waals surface area contributed by atoms with Crippen molar-refractivity contribution in [3.05, 3.63) is 75.8 Å². The van der Waals surface area contributed by atoms with Crippen LogP contribution in [0.1, 0.15) is 44.7 Å². The molecular formula is C24H27NO7. The summed E-state index contributed by atoms with van der Waals surface area (Å²) in [6.45, 7) is 5.65. The van der Waals surface area contributed by atoms with Gasteiger partial charge < -0.3 is 14.2 Å². The fourth-order valence-corrected chi connectivity index (χ4v) is 2.63. The van der Waals surface area contributed by atoms with E-state index in [0.29, 0.717) is 12.0 Å². The maximum absolute atomic E-state index is 12.0. The third kappa shape index (κ3) is 8.99. The van der Waals surface area contributed by atoms with Gasteiger partial charge in [0.1, 0.15) is 18.0 Å². The molecule has 0 aromatic heterocycles. The molecule has 170 valence electrons. The van der Waals surface area contributed by atoms with Gasteiger partial charge in [-0.2, -0.15) is 0 Å². The monoisotopic (exact) mass is 441 g/mol. The maximum Gasteiger partial charge on any atom is 0.331 e. The van der Waals surface area contributed by atoms with Crippen LogP contribution in [0.15, 0.2) is 54.6 Å². The van der Waals surface area contributed by atoms with Gasteiger partial charge in [0.25, 0.3) is 5.69 Å². The van der Waals surface area contributed by atoms with Crippen molar-refractivity contribution >= 4 is 23.7 Å². The number of carbonyl (C=O) groups excluding carboxylic acids is 2. The van der Waals surface area contributed by atoms with Crippen LogP contribution in [0, 0.1) is 10.1 Å². The molecule has 0 amide bonds. The van der Waals surface area contributed by atoms with E-state index < -0.39 is 16.5 Å². The molecule has 0 aliphatic rings. The highest BCUT2D eigenvalue weighted by Gasteiger charge is 2.16. The quantitative estimate of drug-likeness (QED) is 0.171. The lowest BCUT2D eigenvalue weighted by Crippen LogP contribution is -2.24. The Hall–Kier alpha value is -3.68. The number of hydrogen-bond acceptors (Lipinski definition) is 7. The lowest BCUT2D eigenvalue weighted by atomic mass is 10.1. The van der Waals surface area contributed by atoms with Gasteiger partial charge in [-0.05, 0) is 44.9 Å². The fraction of sp³-hybridized carbons (Fsp3) is 0.333. The van der Waals surface area contributed by atoms with E-state index in [4.69, 9.17) is 14.2 Å². The minimum atomic E-state index is -0.564. The van der Waals surface area contributed by atoms with E-state index in [1.807, 2.05) is 30.3 Å². The molecule has 0 atom stereocenters. The molecule has 0 unspecified atom stereocenters. The number of nitro groups is 1. The zero-order valence-corrected chi connectivity index (χ0v) is 18.4. The summed E-state index contributed by atoms with van der Waals surface area (Å²) in [7, 11) is 0. The van der Waals surface area contributed by atoms with Gasteiger partial charge in [0.2, 0.25) is 0 Å². The van der Waals surface area contributed by atoms with E-state index in [1.54, 1.807) is 20.8 Å². The fourth-order valence-electron chi connectivity index (χ4n) is 2.63. The molecule has 8 nitrogen and oxygen atoms in total. The summed E-state index contributed by atoms with van der Waals surface area (Å²) in [5, 5.41) is 11.1. The van der Waals surface area contributed by atoms with Gasteiger partial charge in [-0.3, -0.25) is 14.9 Å².